The van der Waals surface area contributed by atoms with Gasteiger partial charge in [-0.2, -0.15) is 0 Å². The van der Waals surface area contributed by atoms with E-state index in [1.165, 1.54) is 18.9 Å². The molecule has 2 aliphatic rings. The van der Waals surface area contributed by atoms with Gasteiger partial charge in [-0.05, 0) is 38.5 Å². The highest BCUT2D eigenvalue weighted by molar-refractivity contribution is 5.80. The summed E-state index contributed by atoms with van der Waals surface area (Å²) in [5.74, 6) is -1.57. The first-order valence-electron chi connectivity index (χ1n) is 6.84. The van der Waals surface area contributed by atoms with Crippen molar-refractivity contribution >= 4 is 11.9 Å². The second-order valence-corrected chi connectivity index (χ2v) is 5.49. The molecule has 0 aromatic carbocycles. The first kappa shape index (κ1) is 15.7. The van der Waals surface area contributed by atoms with E-state index in [1.54, 1.807) is 0 Å². The van der Waals surface area contributed by atoms with Crippen molar-refractivity contribution in [3.8, 4) is 0 Å². The molecule has 5 nitrogen and oxygen atoms in total. The first-order valence-corrected chi connectivity index (χ1v) is 6.84. The van der Waals surface area contributed by atoms with Crippen LogP contribution in [0.1, 0.15) is 57.8 Å². The Morgan fingerprint density at radius 1 is 1.11 bits per heavy atom. The van der Waals surface area contributed by atoms with Gasteiger partial charge >= 0.3 is 11.9 Å². The predicted octanol–water partition coefficient (Wildman–Crippen LogP) is 2.30. The fourth-order valence-corrected chi connectivity index (χ4v) is 2.71. The predicted molar refractivity (Wildman–Crippen MR) is 71.8 cm³/mol. The van der Waals surface area contributed by atoms with E-state index in [4.69, 9.17) is 15.9 Å². The van der Waals surface area contributed by atoms with Gasteiger partial charge in [0.25, 0.3) is 0 Å². The van der Waals surface area contributed by atoms with Crippen molar-refractivity contribution in [3.63, 3.8) is 0 Å². The summed E-state index contributed by atoms with van der Waals surface area (Å²) in [7, 11) is 0. The Morgan fingerprint density at radius 2 is 1.63 bits per heavy atom. The third kappa shape index (κ3) is 6.38. The van der Waals surface area contributed by atoms with Crippen LogP contribution in [0, 0.1) is 0 Å². The molecule has 0 radical (unpaired) electrons. The molecule has 2 rings (SSSR count). The average Bonchev–Trinajstić information content (AvgIpc) is 2.89. The molecule has 0 unspecified atom stereocenters. The second-order valence-electron chi connectivity index (χ2n) is 5.49. The van der Waals surface area contributed by atoms with Gasteiger partial charge in [0.05, 0.1) is 6.42 Å². The Morgan fingerprint density at radius 3 is 2.05 bits per heavy atom. The van der Waals surface area contributed by atoms with Crippen LogP contribution in [0.25, 0.3) is 0 Å². The number of carbonyl (C=O) groups is 2. The Balaban J connectivity index is 0.000000191. The number of hydrogen-bond acceptors (Lipinski definition) is 3. The monoisotopic (exact) mass is 269 g/mol. The van der Waals surface area contributed by atoms with Crippen molar-refractivity contribution in [2.45, 2.75) is 63.3 Å². The van der Waals surface area contributed by atoms with Crippen LogP contribution >= 0.6 is 0 Å². The molecule has 0 saturated heterocycles. The minimum atomic E-state index is -0.799. The summed E-state index contributed by atoms with van der Waals surface area (Å²) < 4.78 is 0. The molecule has 2 saturated carbocycles. The van der Waals surface area contributed by atoms with Crippen LogP contribution in [0.3, 0.4) is 0 Å². The maximum Gasteiger partial charge on any atom is 0.328 e. The summed E-state index contributed by atoms with van der Waals surface area (Å²) in [6.45, 7) is 0. The zero-order valence-electron chi connectivity index (χ0n) is 11.2. The maximum atomic E-state index is 10.3. The Labute approximate surface area is 113 Å². The minimum absolute atomic E-state index is 0.132. The molecule has 0 amide bonds. The SMILES string of the molecule is NC1(CC(=O)O)CCCC1.O=C(O)C=C1CCCC1. The van der Waals surface area contributed by atoms with Crippen molar-refractivity contribution in [3.05, 3.63) is 11.6 Å². The average molecular weight is 269 g/mol. The van der Waals surface area contributed by atoms with E-state index in [0.29, 0.717) is 0 Å². The number of carboxylic acid groups (broad SMARTS) is 2. The standard InChI is InChI=1S/C7H13NO2.C7H10O2/c8-7(5-6(9)10)3-1-2-4-7;8-7(9)5-6-3-1-2-4-6/h1-5,8H2,(H,9,10);5H,1-4H2,(H,8,9). The number of hydrogen-bond donors (Lipinski definition) is 3. The third-order valence-corrected chi connectivity index (χ3v) is 3.68. The zero-order chi connectivity index (χ0) is 14.3. The Kier molecular flexibility index (Phi) is 6.02. The molecule has 4 N–H and O–H groups in total. The van der Waals surface area contributed by atoms with Gasteiger partial charge in [0, 0.05) is 11.6 Å². The lowest BCUT2D eigenvalue weighted by Crippen LogP contribution is -2.38. The molecule has 0 atom stereocenters. The van der Waals surface area contributed by atoms with Crippen LogP contribution in [0.15, 0.2) is 11.6 Å². The van der Waals surface area contributed by atoms with Gasteiger partial charge in [0.15, 0.2) is 0 Å². The topological polar surface area (TPSA) is 101 Å². The molecule has 2 aliphatic carbocycles. The van der Waals surface area contributed by atoms with Crippen molar-refractivity contribution in [1.82, 2.24) is 0 Å². The molecule has 0 aromatic heterocycles. The summed E-state index contributed by atoms with van der Waals surface area (Å²) in [5.41, 5.74) is 6.50. The summed E-state index contributed by atoms with van der Waals surface area (Å²) in [6, 6.07) is 0. The van der Waals surface area contributed by atoms with Gasteiger partial charge in [-0.1, -0.05) is 18.4 Å². The van der Waals surface area contributed by atoms with E-state index < -0.39 is 11.9 Å². The summed E-state index contributed by atoms with van der Waals surface area (Å²) >= 11 is 0. The van der Waals surface area contributed by atoms with Gasteiger partial charge in [0.2, 0.25) is 0 Å². The molecule has 5 heteroatoms. The lowest BCUT2D eigenvalue weighted by molar-refractivity contribution is -0.138. The number of allylic oxidation sites excluding steroid dienone is 1. The van der Waals surface area contributed by atoms with Crippen LogP contribution in [0.2, 0.25) is 0 Å². The lowest BCUT2D eigenvalue weighted by Gasteiger charge is -2.19. The molecule has 0 heterocycles. The van der Waals surface area contributed by atoms with E-state index >= 15 is 0 Å². The fraction of sp³-hybridized carbons (Fsp3) is 0.714. The zero-order valence-corrected chi connectivity index (χ0v) is 11.2. The lowest BCUT2D eigenvalue weighted by atomic mass is 9.95. The molecular weight excluding hydrogens is 246 g/mol. The third-order valence-electron chi connectivity index (χ3n) is 3.68. The highest BCUT2D eigenvalue weighted by Gasteiger charge is 2.31. The van der Waals surface area contributed by atoms with Crippen LogP contribution in [-0.4, -0.2) is 27.7 Å². The quantitative estimate of drug-likeness (QED) is 0.682. The fourth-order valence-electron chi connectivity index (χ4n) is 2.71. The van der Waals surface area contributed by atoms with Crippen LogP contribution in [0.5, 0.6) is 0 Å². The van der Waals surface area contributed by atoms with Crippen LogP contribution in [0.4, 0.5) is 0 Å². The van der Waals surface area contributed by atoms with Crippen LogP contribution in [-0.2, 0) is 9.59 Å². The number of aliphatic carboxylic acids is 2. The first-order chi connectivity index (χ1) is 8.91. The molecular formula is C14H23NO4. The molecule has 2 fully saturated rings. The summed E-state index contributed by atoms with van der Waals surface area (Å²) in [5, 5.41) is 16.8. The maximum absolute atomic E-state index is 10.3. The van der Waals surface area contributed by atoms with E-state index in [2.05, 4.69) is 0 Å². The number of rotatable bonds is 3. The Hall–Kier alpha value is -1.36. The van der Waals surface area contributed by atoms with E-state index in [1.807, 2.05) is 0 Å². The molecule has 19 heavy (non-hydrogen) atoms. The van der Waals surface area contributed by atoms with E-state index in [-0.39, 0.29) is 12.0 Å². The second kappa shape index (κ2) is 7.28. The van der Waals surface area contributed by atoms with Crippen molar-refractivity contribution < 1.29 is 19.8 Å². The van der Waals surface area contributed by atoms with Crippen molar-refractivity contribution in [2.24, 2.45) is 5.73 Å². The molecule has 0 aromatic rings. The molecule has 0 aliphatic heterocycles. The molecule has 0 spiro atoms. The molecule has 0 bridgehead atoms. The summed E-state index contributed by atoms with van der Waals surface area (Å²) in [4.78, 5) is 20.4. The van der Waals surface area contributed by atoms with E-state index in [0.717, 1.165) is 44.1 Å². The van der Waals surface area contributed by atoms with Gasteiger partial charge in [0.1, 0.15) is 0 Å². The Bertz CT molecular complexity index is 348. The van der Waals surface area contributed by atoms with E-state index in [9.17, 15) is 9.59 Å². The van der Waals surface area contributed by atoms with Crippen molar-refractivity contribution in [2.75, 3.05) is 0 Å². The smallest absolute Gasteiger partial charge is 0.328 e. The minimum Gasteiger partial charge on any atom is -0.481 e. The van der Waals surface area contributed by atoms with Gasteiger partial charge < -0.3 is 15.9 Å². The largest absolute Gasteiger partial charge is 0.481 e. The van der Waals surface area contributed by atoms with Gasteiger partial charge in [-0.25, -0.2) is 4.79 Å². The number of carboxylic acids is 2. The van der Waals surface area contributed by atoms with Crippen molar-refractivity contribution in [1.29, 1.82) is 0 Å². The van der Waals surface area contributed by atoms with Gasteiger partial charge in [-0.3, -0.25) is 4.79 Å². The summed E-state index contributed by atoms with van der Waals surface area (Å²) in [6.07, 6.45) is 9.71. The van der Waals surface area contributed by atoms with Gasteiger partial charge in [-0.15, -0.1) is 0 Å². The highest BCUT2D eigenvalue weighted by Crippen LogP contribution is 2.29. The number of nitrogens with two attached hydrogens (primary N) is 1. The normalized spacial score (nSPS) is 20.6. The molecule has 108 valence electrons. The highest BCUT2D eigenvalue weighted by atomic mass is 16.4. The van der Waals surface area contributed by atoms with Crippen LogP contribution < -0.4 is 5.73 Å².